The SMILES string of the molecule is COC(=O)c1cccc2c1OB(O)[C@@H](NC(=O)Cc1ccc3c(c1)CNC3)C2. The number of methoxy groups -OCH3 is 1. The third-order valence-electron chi connectivity index (χ3n) is 5.14. The topological polar surface area (TPSA) is 96.9 Å². The summed E-state index contributed by atoms with van der Waals surface area (Å²) in [5, 5.41) is 16.5. The van der Waals surface area contributed by atoms with Crippen LogP contribution in [0.2, 0.25) is 0 Å². The minimum atomic E-state index is -1.24. The van der Waals surface area contributed by atoms with E-state index in [1.54, 1.807) is 18.2 Å². The molecule has 2 heterocycles. The quantitative estimate of drug-likeness (QED) is 0.535. The van der Waals surface area contributed by atoms with E-state index in [4.69, 9.17) is 9.39 Å². The lowest BCUT2D eigenvalue weighted by molar-refractivity contribution is -0.120. The molecule has 1 amide bonds. The van der Waals surface area contributed by atoms with Crippen LogP contribution in [0.4, 0.5) is 0 Å². The van der Waals surface area contributed by atoms with Crippen molar-refractivity contribution in [1.29, 1.82) is 0 Å². The number of esters is 1. The van der Waals surface area contributed by atoms with Crippen LogP contribution in [0.25, 0.3) is 0 Å². The van der Waals surface area contributed by atoms with Crippen LogP contribution in [0.5, 0.6) is 5.75 Å². The summed E-state index contributed by atoms with van der Waals surface area (Å²) in [4.78, 5) is 24.4. The van der Waals surface area contributed by atoms with Crippen LogP contribution >= 0.6 is 0 Å². The Bertz CT molecular complexity index is 933. The zero-order valence-electron chi connectivity index (χ0n) is 15.5. The Kier molecular flexibility index (Phi) is 5.06. The Hall–Kier alpha value is -2.84. The second kappa shape index (κ2) is 7.65. The summed E-state index contributed by atoms with van der Waals surface area (Å²) >= 11 is 0. The van der Waals surface area contributed by atoms with Crippen molar-refractivity contribution in [2.45, 2.75) is 31.9 Å². The van der Waals surface area contributed by atoms with Crippen LogP contribution in [0.3, 0.4) is 0 Å². The zero-order chi connectivity index (χ0) is 19.7. The fourth-order valence-electron chi connectivity index (χ4n) is 3.72. The predicted molar refractivity (Wildman–Crippen MR) is 103 cm³/mol. The molecule has 7 nitrogen and oxygen atoms in total. The Morgan fingerprint density at radius 3 is 2.89 bits per heavy atom. The van der Waals surface area contributed by atoms with E-state index in [1.807, 2.05) is 18.2 Å². The molecule has 2 aromatic carbocycles. The summed E-state index contributed by atoms with van der Waals surface area (Å²) in [5.41, 5.74) is 4.41. The van der Waals surface area contributed by atoms with E-state index in [1.165, 1.54) is 18.2 Å². The highest BCUT2D eigenvalue weighted by atomic mass is 16.5. The molecule has 4 rings (SSSR count). The van der Waals surface area contributed by atoms with E-state index in [-0.39, 0.29) is 17.9 Å². The molecular weight excluding hydrogens is 359 g/mol. The van der Waals surface area contributed by atoms with E-state index in [0.717, 1.165) is 24.2 Å². The van der Waals surface area contributed by atoms with Crippen LogP contribution in [0.1, 0.15) is 32.6 Å². The standard InChI is InChI=1S/C20H21BN2O5/c1-27-20(25)16-4-2-3-13-9-17(21(26)28-19(13)16)23-18(24)8-12-5-6-14-10-22-11-15(14)7-12/h2-7,17,22,26H,8-11H2,1H3,(H,23,24)/t17-/m0/s1. The van der Waals surface area contributed by atoms with Gasteiger partial charge in [0.15, 0.2) is 0 Å². The smallest absolute Gasteiger partial charge is 0.534 e. The number of para-hydroxylation sites is 1. The molecule has 0 saturated heterocycles. The first-order valence-corrected chi connectivity index (χ1v) is 9.21. The summed E-state index contributed by atoms with van der Waals surface area (Å²) in [6, 6.07) is 11.2. The van der Waals surface area contributed by atoms with Gasteiger partial charge in [-0.2, -0.15) is 0 Å². The van der Waals surface area contributed by atoms with Gasteiger partial charge in [0.25, 0.3) is 0 Å². The number of hydrogen-bond donors (Lipinski definition) is 3. The Balaban J connectivity index is 1.44. The van der Waals surface area contributed by atoms with Crippen molar-refractivity contribution in [2.75, 3.05) is 7.11 Å². The normalized spacial score (nSPS) is 17.4. The average molecular weight is 380 g/mol. The molecule has 8 heteroatoms. The van der Waals surface area contributed by atoms with Crippen molar-refractivity contribution in [3.8, 4) is 5.75 Å². The lowest BCUT2D eigenvalue weighted by Crippen LogP contribution is -2.53. The molecule has 2 aromatic rings. The monoisotopic (exact) mass is 380 g/mol. The van der Waals surface area contributed by atoms with Crippen molar-refractivity contribution >= 4 is 19.0 Å². The molecule has 0 aliphatic carbocycles. The van der Waals surface area contributed by atoms with Gasteiger partial charge in [-0.1, -0.05) is 30.3 Å². The number of carbonyl (C=O) groups is 2. The molecule has 0 spiro atoms. The first-order valence-electron chi connectivity index (χ1n) is 9.21. The molecule has 144 valence electrons. The van der Waals surface area contributed by atoms with Gasteiger partial charge in [0, 0.05) is 13.1 Å². The van der Waals surface area contributed by atoms with Crippen molar-refractivity contribution in [2.24, 2.45) is 0 Å². The van der Waals surface area contributed by atoms with Crippen molar-refractivity contribution < 1.29 is 24.0 Å². The summed E-state index contributed by atoms with van der Waals surface area (Å²) in [6.07, 6.45) is 0.590. The van der Waals surface area contributed by atoms with Crippen LogP contribution < -0.4 is 15.3 Å². The van der Waals surface area contributed by atoms with Crippen LogP contribution in [0.15, 0.2) is 36.4 Å². The number of carbonyl (C=O) groups excluding carboxylic acids is 2. The molecule has 0 bridgehead atoms. The number of nitrogens with one attached hydrogen (secondary N) is 2. The molecule has 0 radical (unpaired) electrons. The first kappa shape index (κ1) is 18.5. The van der Waals surface area contributed by atoms with E-state index < -0.39 is 19.0 Å². The fourth-order valence-corrected chi connectivity index (χ4v) is 3.72. The van der Waals surface area contributed by atoms with Gasteiger partial charge in [0.1, 0.15) is 11.3 Å². The molecule has 0 unspecified atom stereocenters. The van der Waals surface area contributed by atoms with Gasteiger partial charge in [0.2, 0.25) is 5.91 Å². The maximum absolute atomic E-state index is 12.5. The van der Waals surface area contributed by atoms with Crippen molar-refractivity contribution in [3.63, 3.8) is 0 Å². The zero-order valence-corrected chi connectivity index (χ0v) is 15.5. The minimum absolute atomic E-state index is 0.189. The van der Waals surface area contributed by atoms with Gasteiger partial charge in [-0.05, 0) is 34.7 Å². The van der Waals surface area contributed by atoms with Crippen LogP contribution in [-0.2, 0) is 35.5 Å². The minimum Gasteiger partial charge on any atom is -0.534 e. The van der Waals surface area contributed by atoms with Gasteiger partial charge in [0.05, 0.1) is 19.5 Å². The first-order chi connectivity index (χ1) is 13.5. The van der Waals surface area contributed by atoms with Gasteiger partial charge in [-0.15, -0.1) is 0 Å². The van der Waals surface area contributed by atoms with Crippen molar-refractivity contribution in [1.82, 2.24) is 10.6 Å². The largest absolute Gasteiger partial charge is 0.547 e. The highest BCUT2D eigenvalue weighted by molar-refractivity contribution is 6.47. The number of rotatable bonds is 4. The molecule has 0 saturated carbocycles. The highest BCUT2D eigenvalue weighted by Crippen LogP contribution is 2.30. The summed E-state index contributed by atoms with van der Waals surface area (Å²) < 4.78 is 10.3. The summed E-state index contributed by atoms with van der Waals surface area (Å²) in [5.74, 6) is -1.01. The molecule has 1 atom stereocenters. The molecule has 2 aliphatic rings. The number of hydrogen-bond acceptors (Lipinski definition) is 6. The molecular formula is C20H21BN2O5. The lowest BCUT2D eigenvalue weighted by atomic mass is 9.72. The average Bonchev–Trinajstić information content (AvgIpc) is 3.15. The van der Waals surface area contributed by atoms with Gasteiger partial charge in [-0.25, -0.2) is 4.79 Å². The third-order valence-corrected chi connectivity index (χ3v) is 5.14. The number of benzene rings is 2. The molecule has 2 aliphatic heterocycles. The highest BCUT2D eigenvalue weighted by Gasteiger charge is 2.37. The Morgan fingerprint density at radius 2 is 2.07 bits per heavy atom. The second-order valence-corrected chi connectivity index (χ2v) is 7.06. The van der Waals surface area contributed by atoms with Gasteiger partial charge >= 0.3 is 13.1 Å². The Morgan fingerprint density at radius 1 is 1.25 bits per heavy atom. The second-order valence-electron chi connectivity index (χ2n) is 7.06. The van der Waals surface area contributed by atoms with Gasteiger partial charge < -0.3 is 25.0 Å². The van der Waals surface area contributed by atoms with E-state index >= 15 is 0 Å². The van der Waals surface area contributed by atoms with Crippen LogP contribution in [-0.4, -0.2) is 37.1 Å². The van der Waals surface area contributed by atoms with E-state index in [9.17, 15) is 14.6 Å². The third kappa shape index (κ3) is 3.61. The van der Waals surface area contributed by atoms with Gasteiger partial charge in [-0.3, -0.25) is 4.79 Å². The summed E-state index contributed by atoms with van der Waals surface area (Å²) in [6.45, 7) is 1.68. The maximum atomic E-state index is 12.5. The number of amides is 1. The number of fused-ring (bicyclic) bond motifs is 2. The Labute approximate surface area is 163 Å². The summed E-state index contributed by atoms with van der Waals surface area (Å²) in [7, 11) is 0.0467. The number of ether oxygens (including phenoxy) is 1. The maximum Gasteiger partial charge on any atom is 0.547 e. The van der Waals surface area contributed by atoms with E-state index in [2.05, 4.69) is 10.6 Å². The van der Waals surface area contributed by atoms with Crippen molar-refractivity contribution in [3.05, 3.63) is 64.2 Å². The molecule has 0 aromatic heterocycles. The molecule has 3 N–H and O–H groups in total. The predicted octanol–water partition coefficient (Wildman–Crippen LogP) is 0.758. The fraction of sp³-hybridized carbons (Fsp3) is 0.300. The van der Waals surface area contributed by atoms with Crippen LogP contribution in [0, 0.1) is 0 Å². The lowest BCUT2D eigenvalue weighted by Gasteiger charge is -2.29. The van der Waals surface area contributed by atoms with E-state index in [0.29, 0.717) is 12.2 Å². The molecule has 0 fully saturated rings. The molecule has 28 heavy (non-hydrogen) atoms.